The topological polar surface area (TPSA) is 38.5 Å². The van der Waals surface area contributed by atoms with Gasteiger partial charge >= 0.3 is 0 Å². The van der Waals surface area contributed by atoms with E-state index in [9.17, 15) is 0 Å². The van der Waals surface area contributed by atoms with Gasteiger partial charge in [0, 0.05) is 18.3 Å². The fourth-order valence-electron chi connectivity index (χ4n) is 2.76. The number of hydrogen-bond acceptors (Lipinski definition) is 3. The maximum absolute atomic E-state index is 6.05. The number of hydrogen-bond donors (Lipinski definition) is 1. The highest BCUT2D eigenvalue weighted by Gasteiger charge is 2.23. The van der Waals surface area contributed by atoms with E-state index in [1.807, 2.05) is 12.1 Å². The molecule has 0 aromatic heterocycles. The van der Waals surface area contributed by atoms with Crippen LogP contribution in [0.25, 0.3) is 0 Å². The van der Waals surface area contributed by atoms with Gasteiger partial charge in [0.15, 0.2) is 0 Å². The van der Waals surface area contributed by atoms with E-state index in [0.29, 0.717) is 6.04 Å². The van der Waals surface area contributed by atoms with Crippen LogP contribution in [0.3, 0.4) is 0 Å². The molecule has 2 atom stereocenters. The van der Waals surface area contributed by atoms with E-state index in [-0.39, 0.29) is 0 Å². The maximum Gasteiger partial charge on any atom is 0.119 e. The highest BCUT2D eigenvalue weighted by molar-refractivity contribution is 5.50. The summed E-state index contributed by atoms with van der Waals surface area (Å²) in [7, 11) is 1.69. The van der Waals surface area contributed by atoms with Crippen LogP contribution in [0.15, 0.2) is 18.2 Å². The van der Waals surface area contributed by atoms with Crippen molar-refractivity contribution in [3.8, 4) is 5.75 Å². The van der Waals surface area contributed by atoms with E-state index >= 15 is 0 Å². The molecule has 0 radical (unpaired) electrons. The van der Waals surface area contributed by atoms with E-state index in [1.165, 1.54) is 24.9 Å². The zero-order valence-electron chi connectivity index (χ0n) is 11.6. The summed E-state index contributed by atoms with van der Waals surface area (Å²) in [4.78, 5) is 2.52. The Hall–Kier alpha value is -1.22. The van der Waals surface area contributed by atoms with Crippen molar-refractivity contribution in [1.29, 1.82) is 0 Å². The van der Waals surface area contributed by atoms with Crippen molar-refractivity contribution in [2.24, 2.45) is 5.92 Å². The third kappa shape index (κ3) is 2.96. The first-order chi connectivity index (χ1) is 8.60. The lowest BCUT2D eigenvalue weighted by Gasteiger charge is -2.36. The maximum atomic E-state index is 6.05. The van der Waals surface area contributed by atoms with Gasteiger partial charge in [-0.2, -0.15) is 0 Å². The molecule has 2 N–H and O–H groups in total. The van der Waals surface area contributed by atoms with Crippen molar-refractivity contribution in [3.05, 3.63) is 23.8 Å². The summed E-state index contributed by atoms with van der Waals surface area (Å²) in [5.41, 5.74) is 8.09. The number of ether oxygens (including phenoxy) is 1. The van der Waals surface area contributed by atoms with Crippen molar-refractivity contribution in [2.75, 3.05) is 19.4 Å². The zero-order valence-corrected chi connectivity index (χ0v) is 11.6. The summed E-state index contributed by atoms with van der Waals surface area (Å²) < 4.78 is 5.27. The number of rotatable bonds is 3. The SMILES string of the molecule is COc1ccc(N)c(CN2CCC(C)CC2C)c1. The molecule has 1 heterocycles. The largest absolute Gasteiger partial charge is 0.497 e. The third-order valence-corrected chi connectivity index (χ3v) is 4.00. The number of methoxy groups -OCH3 is 1. The molecule has 18 heavy (non-hydrogen) atoms. The van der Waals surface area contributed by atoms with Crippen LogP contribution in [0.4, 0.5) is 5.69 Å². The number of benzene rings is 1. The molecule has 1 aliphatic rings. The number of nitrogens with zero attached hydrogens (tertiary/aromatic N) is 1. The molecule has 1 aromatic carbocycles. The van der Waals surface area contributed by atoms with Gasteiger partial charge in [0.05, 0.1) is 7.11 Å². The van der Waals surface area contributed by atoms with Crippen LogP contribution in [0.5, 0.6) is 5.75 Å². The fourth-order valence-corrected chi connectivity index (χ4v) is 2.76. The summed E-state index contributed by atoms with van der Waals surface area (Å²) in [5.74, 6) is 1.73. The summed E-state index contributed by atoms with van der Waals surface area (Å²) in [5, 5.41) is 0. The molecule has 1 aliphatic heterocycles. The Bertz CT molecular complexity index is 405. The molecular weight excluding hydrogens is 224 g/mol. The summed E-state index contributed by atoms with van der Waals surface area (Å²) in [6, 6.07) is 6.55. The van der Waals surface area contributed by atoms with Crippen molar-refractivity contribution in [1.82, 2.24) is 4.90 Å². The van der Waals surface area contributed by atoms with Crippen LogP contribution in [0.1, 0.15) is 32.3 Å². The van der Waals surface area contributed by atoms with Crippen LogP contribution in [0, 0.1) is 5.92 Å². The summed E-state index contributed by atoms with van der Waals surface area (Å²) >= 11 is 0. The molecular formula is C15H24N2O. The number of likely N-dealkylation sites (tertiary alicyclic amines) is 1. The quantitative estimate of drug-likeness (QED) is 0.836. The van der Waals surface area contributed by atoms with E-state index in [2.05, 4.69) is 24.8 Å². The standard InChI is InChI=1S/C15H24N2O/c1-11-6-7-17(12(2)8-11)10-13-9-14(18-3)4-5-15(13)16/h4-5,9,11-12H,6-8,10,16H2,1-3H3. The van der Waals surface area contributed by atoms with E-state index < -0.39 is 0 Å². The average Bonchev–Trinajstić information content (AvgIpc) is 2.35. The zero-order chi connectivity index (χ0) is 13.1. The molecule has 2 unspecified atom stereocenters. The molecule has 3 nitrogen and oxygen atoms in total. The Labute approximate surface area is 110 Å². The molecule has 3 heteroatoms. The van der Waals surface area contributed by atoms with Gasteiger partial charge in [0.2, 0.25) is 0 Å². The molecule has 1 saturated heterocycles. The van der Waals surface area contributed by atoms with Gasteiger partial charge in [-0.25, -0.2) is 0 Å². The lowest BCUT2D eigenvalue weighted by atomic mass is 9.93. The van der Waals surface area contributed by atoms with Gasteiger partial charge in [-0.1, -0.05) is 6.92 Å². The Morgan fingerprint density at radius 2 is 2.17 bits per heavy atom. The van der Waals surface area contributed by atoms with Crippen LogP contribution in [-0.2, 0) is 6.54 Å². The van der Waals surface area contributed by atoms with Crippen molar-refractivity contribution < 1.29 is 4.74 Å². The minimum Gasteiger partial charge on any atom is -0.497 e. The lowest BCUT2D eigenvalue weighted by molar-refractivity contribution is 0.122. The van der Waals surface area contributed by atoms with Gasteiger partial charge in [-0.3, -0.25) is 4.90 Å². The molecule has 1 aromatic rings. The van der Waals surface area contributed by atoms with Gasteiger partial charge in [-0.05, 0) is 56.0 Å². The molecule has 100 valence electrons. The Morgan fingerprint density at radius 1 is 1.39 bits per heavy atom. The van der Waals surface area contributed by atoms with Crippen molar-refractivity contribution in [3.63, 3.8) is 0 Å². The molecule has 0 bridgehead atoms. The van der Waals surface area contributed by atoms with Crippen LogP contribution in [-0.4, -0.2) is 24.6 Å². The van der Waals surface area contributed by atoms with E-state index in [1.54, 1.807) is 7.11 Å². The van der Waals surface area contributed by atoms with Gasteiger partial charge < -0.3 is 10.5 Å². The first-order valence-corrected chi connectivity index (χ1v) is 6.76. The van der Waals surface area contributed by atoms with Crippen LogP contribution < -0.4 is 10.5 Å². The summed E-state index contributed by atoms with van der Waals surface area (Å²) in [6.45, 7) is 6.75. The molecule has 2 rings (SSSR count). The smallest absolute Gasteiger partial charge is 0.119 e. The second kappa shape index (κ2) is 5.61. The number of nitrogen functional groups attached to an aromatic ring is 1. The fraction of sp³-hybridized carbons (Fsp3) is 0.600. The highest BCUT2D eigenvalue weighted by atomic mass is 16.5. The van der Waals surface area contributed by atoms with Gasteiger partial charge in [0.25, 0.3) is 0 Å². The Kier molecular flexibility index (Phi) is 4.12. The normalized spacial score (nSPS) is 25.1. The number of piperidine rings is 1. The van der Waals surface area contributed by atoms with Crippen molar-refractivity contribution >= 4 is 5.69 Å². The highest BCUT2D eigenvalue weighted by Crippen LogP contribution is 2.27. The number of nitrogens with two attached hydrogens (primary N) is 1. The minimum absolute atomic E-state index is 0.638. The molecule has 0 amide bonds. The monoisotopic (exact) mass is 248 g/mol. The predicted octanol–water partition coefficient (Wildman–Crippen LogP) is 2.90. The molecule has 0 saturated carbocycles. The molecule has 0 aliphatic carbocycles. The number of anilines is 1. The Morgan fingerprint density at radius 3 is 2.83 bits per heavy atom. The summed E-state index contributed by atoms with van der Waals surface area (Å²) in [6.07, 6.45) is 2.57. The van der Waals surface area contributed by atoms with Gasteiger partial charge in [-0.15, -0.1) is 0 Å². The van der Waals surface area contributed by atoms with Crippen molar-refractivity contribution in [2.45, 2.75) is 39.3 Å². The molecule has 1 fully saturated rings. The first kappa shape index (κ1) is 13.2. The second-order valence-electron chi connectivity index (χ2n) is 5.51. The Balaban J connectivity index is 2.08. The van der Waals surface area contributed by atoms with Gasteiger partial charge in [0.1, 0.15) is 5.75 Å². The average molecular weight is 248 g/mol. The minimum atomic E-state index is 0.638. The van der Waals surface area contributed by atoms with Crippen LogP contribution in [0.2, 0.25) is 0 Å². The molecule has 0 spiro atoms. The predicted molar refractivity (Wildman–Crippen MR) is 75.7 cm³/mol. The first-order valence-electron chi connectivity index (χ1n) is 6.76. The lowest BCUT2D eigenvalue weighted by Crippen LogP contribution is -2.39. The van der Waals surface area contributed by atoms with Crippen LogP contribution >= 0.6 is 0 Å². The van der Waals surface area contributed by atoms with E-state index in [0.717, 1.165) is 23.9 Å². The third-order valence-electron chi connectivity index (χ3n) is 4.00. The second-order valence-corrected chi connectivity index (χ2v) is 5.51. The van der Waals surface area contributed by atoms with E-state index in [4.69, 9.17) is 10.5 Å².